The van der Waals surface area contributed by atoms with Crippen LogP contribution in [0.1, 0.15) is 51.2 Å². The minimum absolute atomic E-state index is 0.0357. The van der Waals surface area contributed by atoms with Crippen molar-refractivity contribution in [1.29, 1.82) is 0 Å². The van der Waals surface area contributed by atoms with Crippen LogP contribution < -0.4 is 5.32 Å². The monoisotopic (exact) mass is 537 g/mol. The first-order valence-corrected chi connectivity index (χ1v) is 11.5. The zero-order chi connectivity index (χ0) is 25.8. The van der Waals surface area contributed by atoms with Crippen molar-refractivity contribution in [3.63, 3.8) is 0 Å². The average molecular weight is 539 g/mol. The molecule has 0 radical (unpaired) electrons. The van der Waals surface area contributed by atoms with E-state index in [2.05, 4.69) is 5.32 Å². The molecule has 186 valence electrons. The second-order valence-corrected chi connectivity index (χ2v) is 10.1. The molecule has 1 N–H and O–H groups in total. The Kier molecular flexibility index (Phi) is 9.30. The van der Waals surface area contributed by atoms with E-state index in [0.29, 0.717) is 12.0 Å². The van der Waals surface area contributed by atoms with Crippen LogP contribution in [-0.2, 0) is 20.7 Å². The van der Waals surface area contributed by atoms with Crippen molar-refractivity contribution < 1.29 is 27.5 Å². The molecule has 0 aliphatic carbocycles. The highest BCUT2D eigenvalue weighted by Crippen LogP contribution is 2.40. The number of amides is 1. The standard InChI is InChI=1S/C24H25Cl3F3NO3/c1-13(24(28,29)30)21(15-7-9-16(25)18(27)12-15)22(33)31-19-11-14(5-8-17(19)26)6-10-20(32)34-23(2,3)4/h5,7-9,11-13,21H,6,10H2,1-4H3,(H,31,33). The zero-order valence-corrected chi connectivity index (χ0v) is 21.3. The normalized spacial score (nSPS) is 13.8. The lowest BCUT2D eigenvalue weighted by molar-refractivity contribution is -0.178. The van der Waals surface area contributed by atoms with Gasteiger partial charge < -0.3 is 10.1 Å². The maximum absolute atomic E-state index is 13.6. The number of hydrogen-bond acceptors (Lipinski definition) is 3. The van der Waals surface area contributed by atoms with E-state index in [9.17, 15) is 22.8 Å². The Bertz CT molecular complexity index is 1050. The highest BCUT2D eigenvalue weighted by Gasteiger charge is 2.45. The summed E-state index contributed by atoms with van der Waals surface area (Å²) in [5.74, 6) is -4.92. The largest absolute Gasteiger partial charge is 0.460 e. The molecule has 2 unspecified atom stereocenters. The SMILES string of the molecule is CC(C(C(=O)Nc1cc(CCC(=O)OC(C)(C)C)ccc1Cl)c1ccc(Cl)c(Cl)c1)C(F)(F)F. The first-order valence-electron chi connectivity index (χ1n) is 10.4. The van der Waals surface area contributed by atoms with Crippen molar-refractivity contribution in [3.8, 4) is 0 Å². The summed E-state index contributed by atoms with van der Waals surface area (Å²) >= 11 is 18.1. The molecule has 2 rings (SSSR count). The van der Waals surface area contributed by atoms with Crippen LogP contribution >= 0.6 is 34.8 Å². The third-order valence-electron chi connectivity index (χ3n) is 4.93. The number of halogens is 6. The average Bonchev–Trinajstić information content (AvgIpc) is 2.69. The van der Waals surface area contributed by atoms with Crippen LogP contribution in [0.15, 0.2) is 36.4 Å². The quantitative estimate of drug-likeness (QED) is 0.365. The van der Waals surface area contributed by atoms with E-state index in [1.54, 1.807) is 26.8 Å². The van der Waals surface area contributed by atoms with Crippen molar-refractivity contribution >= 4 is 52.4 Å². The van der Waals surface area contributed by atoms with Crippen molar-refractivity contribution in [2.75, 3.05) is 5.32 Å². The Hall–Kier alpha value is -1.96. The van der Waals surface area contributed by atoms with E-state index in [1.165, 1.54) is 30.3 Å². The van der Waals surface area contributed by atoms with Gasteiger partial charge in [-0.3, -0.25) is 9.59 Å². The van der Waals surface area contributed by atoms with Crippen LogP contribution in [-0.4, -0.2) is 23.7 Å². The molecule has 0 spiro atoms. The zero-order valence-electron chi connectivity index (χ0n) is 19.0. The van der Waals surface area contributed by atoms with Gasteiger partial charge in [0.25, 0.3) is 0 Å². The molecule has 2 atom stereocenters. The predicted octanol–water partition coefficient (Wildman–Crippen LogP) is 7.84. The minimum Gasteiger partial charge on any atom is -0.460 e. The second-order valence-electron chi connectivity index (χ2n) is 8.87. The summed E-state index contributed by atoms with van der Waals surface area (Å²) in [6.07, 6.45) is -4.26. The van der Waals surface area contributed by atoms with Crippen molar-refractivity contribution in [3.05, 3.63) is 62.6 Å². The van der Waals surface area contributed by atoms with Crippen LogP contribution in [0.4, 0.5) is 18.9 Å². The summed E-state index contributed by atoms with van der Waals surface area (Å²) in [4.78, 5) is 25.0. The van der Waals surface area contributed by atoms with Gasteiger partial charge >= 0.3 is 12.1 Å². The Labute approximate surface area is 211 Å². The van der Waals surface area contributed by atoms with E-state index < -0.39 is 35.5 Å². The fourth-order valence-electron chi connectivity index (χ4n) is 3.24. The first kappa shape index (κ1) is 28.3. The third kappa shape index (κ3) is 8.07. The number of hydrogen-bond donors (Lipinski definition) is 1. The maximum atomic E-state index is 13.6. The van der Waals surface area contributed by atoms with Gasteiger partial charge in [0.05, 0.1) is 32.6 Å². The number of esters is 1. The number of carbonyl (C=O) groups excluding carboxylic acids is 2. The fourth-order valence-corrected chi connectivity index (χ4v) is 3.71. The molecular weight excluding hydrogens is 514 g/mol. The van der Waals surface area contributed by atoms with Crippen LogP contribution in [0, 0.1) is 5.92 Å². The van der Waals surface area contributed by atoms with Crippen molar-refractivity contribution in [1.82, 2.24) is 0 Å². The molecule has 10 heteroatoms. The number of aryl methyl sites for hydroxylation is 1. The lowest BCUT2D eigenvalue weighted by Gasteiger charge is -2.26. The molecule has 0 aliphatic heterocycles. The summed E-state index contributed by atoms with van der Waals surface area (Å²) in [6.45, 7) is 6.19. The summed E-state index contributed by atoms with van der Waals surface area (Å²) in [5.41, 5.74) is 0.229. The predicted molar refractivity (Wildman–Crippen MR) is 129 cm³/mol. The minimum atomic E-state index is -4.65. The van der Waals surface area contributed by atoms with E-state index in [-0.39, 0.29) is 32.7 Å². The highest BCUT2D eigenvalue weighted by atomic mass is 35.5. The Balaban J connectivity index is 2.28. The van der Waals surface area contributed by atoms with E-state index in [1.807, 2.05) is 0 Å². The molecule has 0 aliphatic rings. The molecule has 2 aromatic carbocycles. The fraction of sp³-hybridized carbons (Fsp3) is 0.417. The molecular formula is C24H25Cl3F3NO3. The lowest BCUT2D eigenvalue weighted by Crippen LogP contribution is -2.34. The van der Waals surface area contributed by atoms with E-state index in [4.69, 9.17) is 39.5 Å². The molecule has 4 nitrogen and oxygen atoms in total. The summed E-state index contributed by atoms with van der Waals surface area (Å²) < 4.78 is 46.0. The van der Waals surface area contributed by atoms with Crippen molar-refractivity contribution in [2.24, 2.45) is 5.92 Å². The van der Waals surface area contributed by atoms with Gasteiger partial charge in [-0.25, -0.2) is 0 Å². The number of anilines is 1. The van der Waals surface area contributed by atoms with Crippen LogP contribution in [0.25, 0.3) is 0 Å². The molecule has 0 aromatic heterocycles. The van der Waals surface area contributed by atoms with E-state index in [0.717, 1.165) is 6.92 Å². The smallest absolute Gasteiger partial charge is 0.392 e. The number of alkyl halides is 3. The van der Waals surface area contributed by atoms with Gasteiger partial charge in [0.15, 0.2) is 0 Å². The van der Waals surface area contributed by atoms with Gasteiger partial charge in [0.2, 0.25) is 5.91 Å². The lowest BCUT2D eigenvalue weighted by atomic mass is 9.85. The Morgan fingerprint density at radius 1 is 0.971 bits per heavy atom. The number of ether oxygens (including phenoxy) is 1. The Morgan fingerprint density at radius 3 is 2.15 bits per heavy atom. The molecule has 0 saturated heterocycles. The molecule has 0 bridgehead atoms. The third-order valence-corrected chi connectivity index (χ3v) is 6.00. The maximum Gasteiger partial charge on any atom is 0.392 e. The van der Waals surface area contributed by atoms with Gasteiger partial charge in [0.1, 0.15) is 5.60 Å². The molecule has 1 amide bonds. The topological polar surface area (TPSA) is 55.4 Å². The van der Waals surface area contributed by atoms with E-state index >= 15 is 0 Å². The van der Waals surface area contributed by atoms with Gasteiger partial charge in [-0.2, -0.15) is 13.2 Å². The molecule has 0 heterocycles. The van der Waals surface area contributed by atoms with Crippen LogP contribution in [0.5, 0.6) is 0 Å². The molecule has 0 fully saturated rings. The number of nitrogens with one attached hydrogen (secondary N) is 1. The van der Waals surface area contributed by atoms with Gasteiger partial charge in [0, 0.05) is 6.42 Å². The van der Waals surface area contributed by atoms with Crippen molar-refractivity contribution in [2.45, 2.75) is 58.2 Å². The molecule has 2 aromatic rings. The van der Waals surface area contributed by atoms with Gasteiger partial charge in [-0.15, -0.1) is 0 Å². The van der Waals surface area contributed by atoms with Crippen LogP contribution in [0.3, 0.4) is 0 Å². The number of rotatable bonds is 7. The summed E-state index contributed by atoms with van der Waals surface area (Å²) in [6, 6.07) is 8.61. The second kappa shape index (κ2) is 11.2. The van der Waals surface area contributed by atoms with Crippen LogP contribution in [0.2, 0.25) is 15.1 Å². The van der Waals surface area contributed by atoms with Gasteiger partial charge in [-0.1, -0.05) is 53.9 Å². The van der Waals surface area contributed by atoms with Gasteiger partial charge in [-0.05, 0) is 62.6 Å². The first-order chi connectivity index (χ1) is 15.6. The summed E-state index contributed by atoms with van der Waals surface area (Å²) in [7, 11) is 0. The summed E-state index contributed by atoms with van der Waals surface area (Å²) in [5, 5.41) is 2.83. The number of benzene rings is 2. The molecule has 0 saturated carbocycles. The Morgan fingerprint density at radius 2 is 1.59 bits per heavy atom. The number of carbonyl (C=O) groups is 2. The molecule has 34 heavy (non-hydrogen) atoms. The highest BCUT2D eigenvalue weighted by molar-refractivity contribution is 6.42.